The van der Waals surface area contributed by atoms with Crippen LogP contribution in [0.25, 0.3) is 27.9 Å². The average molecular weight is 480 g/mol. The predicted octanol–water partition coefficient (Wildman–Crippen LogP) is 3.82. The number of nitrogens with zero attached hydrogens (tertiary/aromatic N) is 3. The Kier molecular flexibility index (Phi) is 4.88. The highest BCUT2D eigenvalue weighted by molar-refractivity contribution is 7.90. The zero-order valence-electron chi connectivity index (χ0n) is 19.3. The van der Waals surface area contributed by atoms with Crippen molar-refractivity contribution < 1.29 is 13.5 Å². The molecule has 3 heterocycles. The fourth-order valence-electron chi connectivity index (χ4n) is 5.14. The molecule has 2 aliphatic carbocycles. The maximum absolute atomic E-state index is 12.5. The van der Waals surface area contributed by atoms with Crippen molar-refractivity contribution in [2.24, 2.45) is 0 Å². The largest absolute Gasteiger partial charge is 0.386 e. The van der Waals surface area contributed by atoms with Gasteiger partial charge in [-0.1, -0.05) is 24.3 Å². The standard InChI is InChI=1S/C25H29N5O3S/c1-25(2,31)17-6-3-15(4-7-17)22-21-14-27-23-20(11-12-26-23)30(21)24(28-22)16-5-8-18(13-16)29-34(32,33)19-9-10-19/h3-4,6-7,11-12,14,16,18-19,26,29,31H,5,8-10,13H2,1-2H3/t16?,18-/m0/s1. The second-order valence-electron chi connectivity index (χ2n) is 10.2. The maximum Gasteiger partial charge on any atom is 0.214 e. The monoisotopic (exact) mass is 479 g/mol. The number of nitrogens with one attached hydrogen (secondary N) is 2. The van der Waals surface area contributed by atoms with Gasteiger partial charge in [-0.2, -0.15) is 0 Å². The number of imidazole rings is 1. The second-order valence-corrected chi connectivity index (χ2v) is 12.2. The molecular weight excluding hydrogens is 450 g/mol. The summed E-state index contributed by atoms with van der Waals surface area (Å²) in [4.78, 5) is 12.9. The third kappa shape index (κ3) is 3.72. The summed E-state index contributed by atoms with van der Waals surface area (Å²) in [6, 6.07) is 9.79. The summed E-state index contributed by atoms with van der Waals surface area (Å²) in [7, 11) is -3.21. The molecule has 8 nitrogen and oxygen atoms in total. The summed E-state index contributed by atoms with van der Waals surface area (Å²) in [5.74, 6) is 1.08. The van der Waals surface area contributed by atoms with E-state index in [1.807, 2.05) is 42.7 Å². The first-order valence-electron chi connectivity index (χ1n) is 11.9. The molecule has 0 spiro atoms. The highest BCUT2D eigenvalue weighted by Gasteiger charge is 2.39. The summed E-state index contributed by atoms with van der Waals surface area (Å²) in [5, 5.41) is 10.1. The smallest absolute Gasteiger partial charge is 0.214 e. The van der Waals surface area contributed by atoms with Gasteiger partial charge in [0.2, 0.25) is 10.0 Å². The Bertz CT molecular complexity index is 1480. The normalized spacial score (nSPS) is 21.6. The van der Waals surface area contributed by atoms with Gasteiger partial charge >= 0.3 is 0 Å². The minimum atomic E-state index is -3.21. The van der Waals surface area contributed by atoms with Crippen molar-refractivity contribution in [1.82, 2.24) is 24.1 Å². The van der Waals surface area contributed by atoms with E-state index < -0.39 is 15.6 Å². The van der Waals surface area contributed by atoms with Crippen LogP contribution < -0.4 is 4.72 Å². The Balaban J connectivity index is 1.40. The summed E-state index contributed by atoms with van der Waals surface area (Å²) < 4.78 is 30.1. The molecule has 2 saturated carbocycles. The lowest BCUT2D eigenvalue weighted by molar-refractivity contribution is 0.0786. The van der Waals surface area contributed by atoms with Crippen LogP contribution in [-0.2, 0) is 15.6 Å². The number of rotatable bonds is 6. The SMILES string of the molecule is CC(C)(O)c1ccc(-c2nc(C3CC[C@H](NS(=O)(=O)C4CC4)C3)n3c2cnc2[nH]ccc23)cc1. The van der Waals surface area contributed by atoms with Crippen molar-refractivity contribution in [1.29, 1.82) is 0 Å². The molecule has 1 aromatic carbocycles. The summed E-state index contributed by atoms with van der Waals surface area (Å²) in [6.07, 6.45) is 7.67. The lowest BCUT2D eigenvalue weighted by Gasteiger charge is -2.17. The molecule has 0 bridgehead atoms. The van der Waals surface area contributed by atoms with Gasteiger partial charge in [0, 0.05) is 23.7 Å². The molecule has 4 aromatic rings. The van der Waals surface area contributed by atoms with Crippen molar-refractivity contribution in [3.63, 3.8) is 0 Å². The molecule has 2 atom stereocenters. The number of sulfonamides is 1. The third-order valence-corrected chi connectivity index (χ3v) is 9.17. The minimum Gasteiger partial charge on any atom is -0.386 e. The van der Waals surface area contributed by atoms with E-state index in [-0.39, 0.29) is 17.2 Å². The predicted molar refractivity (Wildman–Crippen MR) is 131 cm³/mol. The lowest BCUT2D eigenvalue weighted by Crippen LogP contribution is -2.35. The van der Waals surface area contributed by atoms with Crippen molar-refractivity contribution >= 4 is 26.7 Å². The number of benzene rings is 1. The van der Waals surface area contributed by atoms with Gasteiger partial charge in [-0.15, -0.1) is 0 Å². The highest BCUT2D eigenvalue weighted by Crippen LogP contribution is 2.39. The fourth-order valence-corrected chi connectivity index (χ4v) is 6.77. The molecule has 0 amide bonds. The van der Waals surface area contributed by atoms with E-state index >= 15 is 0 Å². The van der Waals surface area contributed by atoms with Gasteiger partial charge in [-0.3, -0.25) is 4.40 Å². The minimum absolute atomic E-state index is 0.0546. The van der Waals surface area contributed by atoms with E-state index in [2.05, 4.69) is 19.1 Å². The molecule has 3 N–H and O–H groups in total. The number of hydrogen-bond acceptors (Lipinski definition) is 5. The molecule has 178 valence electrons. The van der Waals surface area contributed by atoms with Gasteiger partial charge in [0.05, 0.1) is 33.8 Å². The van der Waals surface area contributed by atoms with Crippen LogP contribution in [0, 0.1) is 0 Å². The fraction of sp³-hybridized carbons (Fsp3) is 0.440. The van der Waals surface area contributed by atoms with Crippen LogP contribution in [0.3, 0.4) is 0 Å². The van der Waals surface area contributed by atoms with Crippen LogP contribution >= 0.6 is 0 Å². The summed E-state index contributed by atoms with van der Waals surface area (Å²) in [5.41, 5.74) is 4.39. The molecule has 1 unspecified atom stereocenters. The van der Waals surface area contributed by atoms with Gasteiger partial charge in [0.15, 0.2) is 5.65 Å². The molecule has 6 rings (SSSR count). The summed E-state index contributed by atoms with van der Waals surface area (Å²) in [6.45, 7) is 3.54. The summed E-state index contributed by atoms with van der Waals surface area (Å²) >= 11 is 0. The quantitative estimate of drug-likeness (QED) is 0.389. The van der Waals surface area contributed by atoms with Crippen LogP contribution in [0.5, 0.6) is 0 Å². The second kappa shape index (κ2) is 7.63. The van der Waals surface area contributed by atoms with Crippen molar-refractivity contribution in [2.45, 2.75) is 68.8 Å². The number of aromatic amines is 1. The molecule has 2 aliphatic rings. The maximum atomic E-state index is 12.5. The van der Waals surface area contributed by atoms with Crippen LogP contribution in [0.2, 0.25) is 0 Å². The number of hydrogen-bond donors (Lipinski definition) is 3. The molecule has 0 saturated heterocycles. The first-order valence-corrected chi connectivity index (χ1v) is 13.4. The van der Waals surface area contributed by atoms with Gasteiger partial charge in [-0.25, -0.2) is 23.1 Å². The van der Waals surface area contributed by atoms with Crippen LogP contribution in [0.15, 0.2) is 42.7 Å². The third-order valence-electron chi connectivity index (χ3n) is 7.16. The topological polar surface area (TPSA) is 112 Å². The van der Waals surface area contributed by atoms with E-state index in [4.69, 9.17) is 4.98 Å². The molecule has 9 heteroatoms. The molecule has 0 radical (unpaired) electrons. The van der Waals surface area contributed by atoms with E-state index in [9.17, 15) is 13.5 Å². The lowest BCUT2D eigenvalue weighted by atomic mass is 9.97. The van der Waals surface area contributed by atoms with E-state index in [1.165, 1.54) is 0 Å². The van der Waals surface area contributed by atoms with Crippen molar-refractivity contribution in [2.75, 3.05) is 0 Å². The molecule has 34 heavy (non-hydrogen) atoms. The van der Waals surface area contributed by atoms with Gasteiger partial charge in [0.25, 0.3) is 0 Å². The Morgan fingerprint density at radius 3 is 2.56 bits per heavy atom. The average Bonchev–Trinajstić information content (AvgIpc) is 3.22. The van der Waals surface area contributed by atoms with Crippen molar-refractivity contribution in [3.05, 3.63) is 54.1 Å². The van der Waals surface area contributed by atoms with E-state index in [1.54, 1.807) is 13.8 Å². The van der Waals surface area contributed by atoms with E-state index in [0.717, 1.165) is 71.4 Å². The Morgan fingerprint density at radius 1 is 1.09 bits per heavy atom. The highest BCUT2D eigenvalue weighted by atomic mass is 32.2. The van der Waals surface area contributed by atoms with Crippen molar-refractivity contribution in [3.8, 4) is 11.3 Å². The zero-order valence-corrected chi connectivity index (χ0v) is 20.1. The first-order chi connectivity index (χ1) is 16.2. The molecule has 2 fully saturated rings. The van der Waals surface area contributed by atoms with Gasteiger partial charge in [0.1, 0.15) is 5.82 Å². The van der Waals surface area contributed by atoms with Crippen LogP contribution in [0.4, 0.5) is 0 Å². The van der Waals surface area contributed by atoms with E-state index in [0.29, 0.717) is 0 Å². The van der Waals surface area contributed by atoms with Crippen LogP contribution in [0.1, 0.15) is 63.3 Å². The Hall–Kier alpha value is -2.75. The van der Waals surface area contributed by atoms with Crippen LogP contribution in [-0.4, -0.2) is 44.2 Å². The zero-order chi connectivity index (χ0) is 23.7. The van der Waals surface area contributed by atoms with Gasteiger partial charge < -0.3 is 10.1 Å². The Labute approximate surface area is 198 Å². The molecular formula is C25H29N5O3S. The Morgan fingerprint density at radius 2 is 1.85 bits per heavy atom. The first kappa shape index (κ1) is 21.8. The molecule has 3 aromatic heterocycles. The number of aliphatic hydroxyl groups is 1. The molecule has 0 aliphatic heterocycles. The number of fused-ring (bicyclic) bond motifs is 3. The number of H-pyrrole nitrogens is 1. The van der Waals surface area contributed by atoms with Gasteiger partial charge in [-0.05, 0) is 57.6 Å². The number of aromatic nitrogens is 4.